The van der Waals surface area contributed by atoms with Gasteiger partial charge in [-0.3, -0.25) is 9.59 Å². The van der Waals surface area contributed by atoms with Crippen LogP contribution in [0.4, 0.5) is 11.4 Å². The van der Waals surface area contributed by atoms with Crippen molar-refractivity contribution in [2.24, 2.45) is 0 Å². The average Bonchev–Trinajstić information content (AvgIpc) is 3.24. The van der Waals surface area contributed by atoms with Crippen LogP contribution in [-0.2, 0) is 0 Å². The molecule has 1 aliphatic heterocycles. The third-order valence-electron chi connectivity index (χ3n) is 5.52. The summed E-state index contributed by atoms with van der Waals surface area (Å²) in [6, 6.07) is 18.9. The van der Waals surface area contributed by atoms with Crippen LogP contribution >= 0.6 is 15.9 Å². The Morgan fingerprint density at radius 1 is 0.968 bits per heavy atom. The van der Waals surface area contributed by atoms with E-state index in [2.05, 4.69) is 52.0 Å². The summed E-state index contributed by atoms with van der Waals surface area (Å²) < 4.78 is 5.88. The molecule has 4 rings (SSSR count). The van der Waals surface area contributed by atoms with E-state index in [9.17, 15) is 9.59 Å². The molecule has 31 heavy (non-hydrogen) atoms. The third kappa shape index (κ3) is 4.51. The van der Waals surface area contributed by atoms with Gasteiger partial charge in [0.2, 0.25) is 0 Å². The van der Waals surface area contributed by atoms with Crippen LogP contribution in [0.1, 0.15) is 26.5 Å². The number of benzene rings is 2. The molecule has 0 radical (unpaired) electrons. The maximum Gasteiger partial charge on any atom is 0.293 e. The number of halogens is 1. The molecule has 0 saturated carbocycles. The Labute approximate surface area is 190 Å². The zero-order chi connectivity index (χ0) is 22.0. The second-order valence-electron chi connectivity index (χ2n) is 7.60. The molecule has 2 aromatic carbocycles. The third-order valence-corrected chi connectivity index (χ3v) is 5.94. The lowest BCUT2D eigenvalue weighted by molar-refractivity contribution is 0.0747. The summed E-state index contributed by atoms with van der Waals surface area (Å²) in [5.41, 5.74) is 3.47. The van der Waals surface area contributed by atoms with Crippen molar-refractivity contribution >= 4 is 39.1 Å². The Morgan fingerprint density at radius 3 is 2.39 bits per heavy atom. The van der Waals surface area contributed by atoms with Gasteiger partial charge in [-0.05, 0) is 64.8 Å². The summed E-state index contributed by atoms with van der Waals surface area (Å²) in [6.07, 6.45) is 0. The van der Waals surface area contributed by atoms with Crippen molar-refractivity contribution in [2.75, 3.05) is 43.0 Å². The van der Waals surface area contributed by atoms with Crippen LogP contribution in [0.5, 0.6) is 0 Å². The summed E-state index contributed by atoms with van der Waals surface area (Å²) in [4.78, 5) is 31.8. The Bertz CT molecular complexity index is 1100. The number of anilines is 2. The van der Waals surface area contributed by atoms with E-state index in [1.807, 2.05) is 17.0 Å². The van der Waals surface area contributed by atoms with Gasteiger partial charge >= 0.3 is 0 Å². The van der Waals surface area contributed by atoms with Crippen molar-refractivity contribution in [1.29, 1.82) is 0 Å². The first-order valence-electron chi connectivity index (χ1n) is 10.2. The zero-order valence-corrected chi connectivity index (χ0v) is 19.1. The molecule has 1 aromatic heterocycles. The molecule has 6 nitrogen and oxygen atoms in total. The van der Waals surface area contributed by atoms with E-state index >= 15 is 0 Å². The Kier molecular flexibility index (Phi) is 6.13. The van der Waals surface area contributed by atoms with Gasteiger partial charge in [0, 0.05) is 38.9 Å². The van der Waals surface area contributed by atoms with Crippen LogP contribution in [-0.4, -0.2) is 49.9 Å². The lowest BCUT2D eigenvalue weighted by Crippen LogP contribution is -2.49. The van der Waals surface area contributed by atoms with Gasteiger partial charge in [0.05, 0.1) is 11.3 Å². The smallest absolute Gasteiger partial charge is 0.293 e. The van der Waals surface area contributed by atoms with Crippen LogP contribution in [0, 0.1) is 6.92 Å². The van der Waals surface area contributed by atoms with E-state index in [0.29, 0.717) is 29.0 Å². The first kappa shape index (κ1) is 21.2. The first-order chi connectivity index (χ1) is 14.9. The molecule has 2 amide bonds. The van der Waals surface area contributed by atoms with Crippen molar-refractivity contribution in [3.05, 3.63) is 82.2 Å². The number of rotatable bonds is 4. The fourth-order valence-corrected chi connectivity index (χ4v) is 4.12. The van der Waals surface area contributed by atoms with E-state index in [4.69, 9.17) is 4.42 Å². The second kappa shape index (κ2) is 8.98. The highest BCUT2D eigenvalue weighted by Crippen LogP contribution is 2.25. The molecule has 1 fully saturated rings. The minimum atomic E-state index is -0.310. The molecule has 1 aliphatic rings. The van der Waals surface area contributed by atoms with Crippen LogP contribution in [0.15, 0.2) is 69.8 Å². The summed E-state index contributed by atoms with van der Waals surface area (Å²) in [6.45, 7) is 4.88. The van der Waals surface area contributed by atoms with Crippen LogP contribution in [0.3, 0.4) is 0 Å². The SMILES string of the molecule is Cc1cccc(N2CCN(C(=O)c3ccccc3N(C)C(=O)c3ccc(Br)o3)CC2)c1. The van der Waals surface area contributed by atoms with Crippen molar-refractivity contribution in [2.45, 2.75) is 6.92 Å². The number of hydrogen-bond acceptors (Lipinski definition) is 4. The number of hydrogen-bond donors (Lipinski definition) is 0. The predicted molar refractivity (Wildman–Crippen MR) is 125 cm³/mol. The summed E-state index contributed by atoms with van der Waals surface area (Å²) in [7, 11) is 1.65. The number of furan rings is 1. The van der Waals surface area contributed by atoms with Crippen molar-refractivity contribution in [1.82, 2.24) is 4.90 Å². The van der Waals surface area contributed by atoms with E-state index in [1.54, 1.807) is 31.3 Å². The number of carbonyl (C=O) groups excluding carboxylic acids is 2. The van der Waals surface area contributed by atoms with Gasteiger partial charge in [-0.15, -0.1) is 0 Å². The minimum absolute atomic E-state index is 0.0697. The van der Waals surface area contributed by atoms with Gasteiger partial charge in [-0.2, -0.15) is 0 Å². The van der Waals surface area contributed by atoms with E-state index in [-0.39, 0.29) is 17.6 Å². The fourth-order valence-electron chi connectivity index (χ4n) is 3.81. The molecule has 3 aromatic rings. The predicted octanol–water partition coefficient (Wildman–Crippen LogP) is 4.59. The minimum Gasteiger partial charge on any atom is -0.444 e. The van der Waals surface area contributed by atoms with E-state index < -0.39 is 0 Å². The molecule has 160 valence electrons. The molecule has 0 bridgehead atoms. The Hall–Kier alpha value is -3.06. The highest BCUT2D eigenvalue weighted by Gasteiger charge is 2.27. The lowest BCUT2D eigenvalue weighted by Gasteiger charge is -2.36. The standard InChI is InChI=1S/C24H24BrN3O3/c1-17-6-5-7-18(16-17)27-12-14-28(15-13-27)23(29)19-8-3-4-9-20(19)26(2)24(30)21-10-11-22(25)31-21/h3-11,16H,12-15H2,1-2H3. The normalized spacial score (nSPS) is 13.9. The highest BCUT2D eigenvalue weighted by atomic mass is 79.9. The van der Waals surface area contributed by atoms with E-state index in [1.165, 1.54) is 16.2 Å². The summed E-state index contributed by atoms with van der Waals surface area (Å²) >= 11 is 3.22. The molecule has 2 heterocycles. The van der Waals surface area contributed by atoms with Crippen LogP contribution in [0.25, 0.3) is 0 Å². The van der Waals surface area contributed by atoms with Gasteiger partial charge in [-0.1, -0.05) is 24.3 Å². The monoisotopic (exact) mass is 481 g/mol. The van der Waals surface area contributed by atoms with Gasteiger partial charge in [0.25, 0.3) is 11.8 Å². The molecular weight excluding hydrogens is 458 g/mol. The molecule has 0 spiro atoms. The first-order valence-corrected chi connectivity index (χ1v) is 11.0. The zero-order valence-electron chi connectivity index (χ0n) is 17.5. The number of amides is 2. The van der Waals surface area contributed by atoms with Gasteiger partial charge in [0.1, 0.15) is 0 Å². The molecule has 0 unspecified atom stereocenters. The van der Waals surface area contributed by atoms with Crippen molar-refractivity contribution in [3.63, 3.8) is 0 Å². The topological polar surface area (TPSA) is 57.0 Å². The quantitative estimate of drug-likeness (QED) is 0.546. The molecule has 0 aliphatic carbocycles. The van der Waals surface area contributed by atoms with Gasteiger partial charge < -0.3 is 19.1 Å². The van der Waals surface area contributed by atoms with Gasteiger partial charge in [0.15, 0.2) is 10.4 Å². The molecule has 7 heteroatoms. The maximum absolute atomic E-state index is 13.3. The summed E-state index contributed by atoms with van der Waals surface area (Å²) in [5, 5.41) is 0. The molecule has 1 saturated heterocycles. The molecule has 0 atom stereocenters. The van der Waals surface area contributed by atoms with Crippen molar-refractivity contribution in [3.8, 4) is 0 Å². The lowest BCUT2D eigenvalue weighted by atomic mass is 10.1. The average molecular weight is 482 g/mol. The van der Waals surface area contributed by atoms with Gasteiger partial charge in [-0.25, -0.2) is 0 Å². The van der Waals surface area contributed by atoms with E-state index in [0.717, 1.165) is 13.1 Å². The molecular formula is C24H24BrN3O3. The largest absolute Gasteiger partial charge is 0.444 e. The maximum atomic E-state index is 13.3. The number of para-hydroxylation sites is 1. The van der Waals surface area contributed by atoms with Crippen molar-refractivity contribution < 1.29 is 14.0 Å². The highest BCUT2D eigenvalue weighted by molar-refractivity contribution is 9.10. The molecule has 0 N–H and O–H groups in total. The Morgan fingerprint density at radius 2 is 1.71 bits per heavy atom. The van der Waals surface area contributed by atoms with Crippen LogP contribution in [0.2, 0.25) is 0 Å². The number of nitrogens with zero attached hydrogens (tertiary/aromatic N) is 3. The summed E-state index contributed by atoms with van der Waals surface area (Å²) in [5.74, 6) is -0.168. The number of carbonyl (C=O) groups is 2. The van der Waals surface area contributed by atoms with Crippen LogP contribution < -0.4 is 9.80 Å². The number of aryl methyl sites for hydroxylation is 1. The fraction of sp³-hybridized carbons (Fsp3) is 0.250. The second-order valence-corrected chi connectivity index (χ2v) is 8.38. The number of piperazine rings is 1. The Balaban J connectivity index is 1.49.